The Kier molecular flexibility index (Phi) is 4.42. The van der Waals surface area contributed by atoms with Crippen molar-refractivity contribution in [3.05, 3.63) is 77.3 Å². The lowest BCUT2D eigenvalue weighted by Crippen LogP contribution is -2.03. The molecule has 0 unspecified atom stereocenters. The van der Waals surface area contributed by atoms with Crippen molar-refractivity contribution in [2.24, 2.45) is 0 Å². The van der Waals surface area contributed by atoms with Crippen molar-refractivity contribution in [3.8, 4) is 0 Å². The molecule has 0 spiro atoms. The highest BCUT2D eigenvalue weighted by Crippen LogP contribution is 2.17. The van der Waals surface area contributed by atoms with Gasteiger partial charge in [-0.15, -0.1) is 0 Å². The van der Waals surface area contributed by atoms with Gasteiger partial charge < -0.3 is 5.32 Å². The smallest absolute Gasteiger partial charge is 0.187 e. The molecule has 0 aliphatic rings. The molecule has 0 bridgehead atoms. The number of benzene rings is 2. The van der Waals surface area contributed by atoms with Gasteiger partial charge in [-0.1, -0.05) is 0 Å². The number of nitrogens with one attached hydrogen (secondary N) is 1. The quantitative estimate of drug-likeness (QED) is 0.672. The van der Waals surface area contributed by atoms with E-state index in [-0.39, 0.29) is 11.5 Å². The molecule has 2 aromatic carbocycles. The van der Waals surface area contributed by atoms with Crippen LogP contribution in [0.1, 0.15) is 17.3 Å². The van der Waals surface area contributed by atoms with Gasteiger partial charge >= 0.3 is 0 Å². The molecule has 108 valence electrons. The SMILES string of the molecule is C/C(=C\C(=O)c1ccc(F)cc1)Nc1ccc(F)cc1F. The summed E-state index contributed by atoms with van der Waals surface area (Å²) in [5.74, 6) is -2.21. The van der Waals surface area contributed by atoms with Gasteiger partial charge in [0.25, 0.3) is 0 Å². The molecule has 0 saturated heterocycles. The number of carbonyl (C=O) groups excluding carboxylic acids is 1. The third-order valence-corrected chi connectivity index (χ3v) is 2.74. The second-order valence-corrected chi connectivity index (χ2v) is 4.45. The summed E-state index contributed by atoms with van der Waals surface area (Å²) in [7, 11) is 0. The first kappa shape index (κ1) is 14.8. The van der Waals surface area contributed by atoms with E-state index in [1.54, 1.807) is 6.92 Å². The molecule has 0 atom stereocenters. The van der Waals surface area contributed by atoms with Gasteiger partial charge in [-0.25, -0.2) is 13.2 Å². The molecule has 0 aromatic heterocycles. The predicted octanol–water partition coefficient (Wildman–Crippen LogP) is 4.30. The molecular formula is C16H12F3NO. The van der Waals surface area contributed by atoms with Gasteiger partial charge in [-0.2, -0.15) is 0 Å². The summed E-state index contributed by atoms with van der Waals surface area (Å²) in [6.45, 7) is 1.57. The Bertz CT molecular complexity index is 693. The van der Waals surface area contributed by atoms with Crippen molar-refractivity contribution in [1.29, 1.82) is 0 Å². The van der Waals surface area contributed by atoms with Crippen LogP contribution in [0.2, 0.25) is 0 Å². The molecule has 2 aromatic rings. The van der Waals surface area contributed by atoms with Crippen LogP contribution >= 0.6 is 0 Å². The van der Waals surface area contributed by atoms with E-state index in [4.69, 9.17) is 0 Å². The molecule has 0 radical (unpaired) electrons. The molecule has 5 heteroatoms. The first-order chi connectivity index (χ1) is 9.95. The van der Waals surface area contributed by atoms with E-state index in [0.29, 0.717) is 11.3 Å². The van der Waals surface area contributed by atoms with Crippen LogP contribution in [0.25, 0.3) is 0 Å². The Morgan fingerprint density at radius 2 is 1.62 bits per heavy atom. The maximum atomic E-state index is 13.5. The zero-order valence-electron chi connectivity index (χ0n) is 11.2. The van der Waals surface area contributed by atoms with Crippen LogP contribution in [-0.2, 0) is 0 Å². The molecule has 1 N–H and O–H groups in total. The van der Waals surface area contributed by atoms with Gasteiger partial charge in [0.1, 0.15) is 17.5 Å². The minimum Gasteiger partial charge on any atom is -0.357 e. The monoisotopic (exact) mass is 291 g/mol. The normalized spacial score (nSPS) is 11.3. The first-order valence-electron chi connectivity index (χ1n) is 6.16. The lowest BCUT2D eigenvalue weighted by atomic mass is 10.1. The summed E-state index contributed by atoms with van der Waals surface area (Å²) < 4.78 is 39.0. The van der Waals surface area contributed by atoms with E-state index in [1.165, 1.54) is 36.4 Å². The van der Waals surface area contributed by atoms with Crippen LogP contribution in [0.3, 0.4) is 0 Å². The summed E-state index contributed by atoms with van der Waals surface area (Å²) in [5.41, 5.74) is 0.768. The van der Waals surface area contributed by atoms with Crippen molar-refractivity contribution in [2.45, 2.75) is 6.92 Å². The lowest BCUT2D eigenvalue weighted by Gasteiger charge is -2.07. The van der Waals surface area contributed by atoms with Gasteiger partial charge in [0.2, 0.25) is 0 Å². The highest BCUT2D eigenvalue weighted by atomic mass is 19.1. The third kappa shape index (κ3) is 3.95. The predicted molar refractivity (Wildman–Crippen MR) is 74.5 cm³/mol. The number of hydrogen-bond acceptors (Lipinski definition) is 2. The van der Waals surface area contributed by atoms with Gasteiger partial charge in [0.05, 0.1) is 5.69 Å². The minimum atomic E-state index is -0.753. The standard InChI is InChI=1S/C16H12F3NO/c1-10(20-15-7-6-13(18)9-14(15)19)8-16(21)11-2-4-12(17)5-3-11/h2-9,20H,1H3/b10-8+. The number of anilines is 1. The second kappa shape index (κ2) is 6.26. The molecule has 2 rings (SSSR count). The average molecular weight is 291 g/mol. The number of allylic oxidation sites excluding steroid dienone is 2. The molecule has 0 fully saturated rings. The molecular weight excluding hydrogens is 279 g/mol. The van der Waals surface area contributed by atoms with Crippen LogP contribution in [0.5, 0.6) is 0 Å². The summed E-state index contributed by atoms with van der Waals surface area (Å²) in [6.07, 6.45) is 1.26. The highest BCUT2D eigenvalue weighted by Gasteiger charge is 2.06. The third-order valence-electron chi connectivity index (χ3n) is 2.74. The van der Waals surface area contributed by atoms with Crippen LogP contribution in [0.4, 0.5) is 18.9 Å². The van der Waals surface area contributed by atoms with Crippen molar-refractivity contribution in [2.75, 3.05) is 5.32 Å². The Morgan fingerprint density at radius 1 is 1.00 bits per heavy atom. The zero-order valence-corrected chi connectivity index (χ0v) is 11.2. The minimum absolute atomic E-state index is 0.0667. The van der Waals surface area contributed by atoms with E-state index in [9.17, 15) is 18.0 Å². The maximum Gasteiger partial charge on any atom is 0.187 e. The van der Waals surface area contributed by atoms with Crippen LogP contribution < -0.4 is 5.32 Å². The lowest BCUT2D eigenvalue weighted by molar-refractivity contribution is 0.104. The fraction of sp³-hybridized carbons (Fsp3) is 0.0625. The average Bonchev–Trinajstić information content (AvgIpc) is 2.42. The van der Waals surface area contributed by atoms with E-state index in [2.05, 4.69) is 5.32 Å². The molecule has 0 aliphatic carbocycles. The van der Waals surface area contributed by atoms with E-state index in [1.807, 2.05) is 0 Å². The maximum absolute atomic E-state index is 13.5. The van der Waals surface area contributed by atoms with Crippen molar-refractivity contribution in [1.82, 2.24) is 0 Å². The Hall–Kier alpha value is -2.56. The number of hydrogen-bond donors (Lipinski definition) is 1. The largest absolute Gasteiger partial charge is 0.357 e. The molecule has 2 nitrogen and oxygen atoms in total. The Labute approximate surface area is 119 Å². The topological polar surface area (TPSA) is 29.1 Å². The summed E-state index contributed by atoms with van der Waals surface area (Å²) >= 11 is 0. The number of rotatable bonds is 4. The number of ketones is 1. The van der Waals surface area contributed by atoms with Crippen molar-refractivity contribution in [3.63, 3.8) is 0 Å². The van der Waals surface area contributed by atoms with Gasteiger partial charge in [-0.3, -0.25) is 4.79 Å². The summed E-state index contributed by atoms with van der Waals surface area (Å²) in [4.78, 5) is 11.9. The number of halogens is 3. The van der Waals surface area contributed by atoms with Crippen LogP contribution in [0.15, 0.2) is 54.2 Å². The van der Waals surface area contributed by atoms with Crippen LogP contribution in [-0.4, -0.2) is 5.78 Å². The molecule has 21 heavy (non-hydrogen) atoms. The second-order valence-electron chi connectivity index (χ2n) is 4.45. The van der Waals surface area contributed by atoms with E-state index < -0.39 is 17.5 Å². The van der Waals surface area contributed by atoms with Gasteiger partial charge in [0.15, 0.2) is 5.78 Å². The van der Waals surface area contributed by atoms with E-state index in [0.717, 1.165) is 12.1 Å². The molecule has 0 amide bonds. The van der Waals surface area contributed by atoms with Crippen molar-refractivity contribution < 1.29 is 18.0 Å². The number of carbonyl (C=O) groups is 1. The zero-order chi connectivity index (χ0) is 15.4. The Balaban J connectivity index is 2.13. The summed E-state index contributed by atoms with van der Waals surface area (Å²) in [6, 6.07) is 8.19. The summed E-state index contributed by atoms with van der Waals surface area (Å²) in [5, 5.41) is 2.67. The molecule has 0 saturated carbocycles. The van der Waals surface area contributed by atoms with Gasteiger partial charge in [-0.05, 0) is 43.3 Å². The molecule has 0 aliphatic heterocycles. The molecule has 0 heterocycles. The first-order valence-corrected chi connectivity index (χ1v) is 6.16. The Morgan fingerprint density at radius 3 is 2.24 bits per heavy atom. The van der Waals surface area contributed by atoms with Crippen LogP contribution in [0, 0.1) is 17.5 Å². The van der Waals surface area contributed by atoms with E-state index >= 15 is 0 Å². The van der Waals surface area contributed by atoms with Gasteiger partial charge in [0, 0.05) is 23.4 Å². The highest BCUT2D eigenvalue weighted by molar-refractivity contribution is 6.05. The fourth-order valence-corrected chi connectivity index (χ4v) is 1.73. The van der Waals surface area contributed by atoms with Crippen molar-refractivity contribution >= 4 is 11.5 Å². The fourth-order valence-electron chi connectivity index (χ4n) is 1.73.